The number of fused-ring (bicyclic) bond motifs is 1. The van der Waals surface area contributed by atoms with E-state index in [0.717, 1.165) is 58.1 Å². The van der Waals surface area contributed by atoms with Gasteiger partial charge in [0.1, 0.15) is 5.82 Å². The molecule has 1 N–H and O–H groups in total. The zero-order valence-corrected chi connectivity index (χ0v) is 16.5. The van der Waals surface area contributed by atoms with Crippen molar-refractivity contribution in [3.8, 4) is 0 Å². The van der Waals surface area contributed by atoms with E-state index in [-0.39, 0.29) is 5.91 Å². The summed E-state index contributed by atoms with van der Waals surface area (Å²) in [7, 11) is 1.85. The van der Waals surface area contributed by atoms with Crippen LogP contribution in [0.5, 0.6) is 0 Å². The fourth-order valence-corrected chi connectivity index (χ4v) is 3.88. The van der Waals surface area contributed by atoms with Crippen LogP contribution < -0.4 is 10.2 Å². The summed E-state index contributed by atoms with van der Waals surface area (Å²) in [4.78, 5) is 21.3. The van der Waals surface area contributed by atoms with Crippen LogP contribution in [0.3, 0.4) is 0 Å². The van der Waals surface area contributed by atoms with Crippen molar-refractivity contribution in [3.63, 3.8) is 0 Å². The number of hydrogen-bond donors (Lipinski definition) is 1. The standard InChI is InChI=1S/C22H28N4O2/c1-25(16-17-2-3-18-6-8-23-9-7-19(18)14-17)22(27)20-4-5-21(24-15-20)26-10-12-28-13-11-26/h2-5,14-15,23H,6-13,16H2,1H3. The summed E-state index contributed by atoms with van der Waals surface area (Å²) >= 11 is 0. The number of morpholine rings is 1. The van der Waals surface area contributed by atoms with Crippen LogP contribution >= 0.6 is 0 Å². The maximum absolute atomic E-state index is 12.8. The van der Waals surface area contributed by atoms with Crippen molar-refractivity contribution in [1.29, 1.82) is 0 Å². The number of carbonyl (C=O) groups excluding carboxylic acids is 1. The van der Waals surface area contributed by atoms with E-state index in [1.807, 2.05) is 19.2 Å². The third-order valence-corrected chi connectivity index (χ3v) is 5.51. The molecule has 1 fully saturated rings. The quantitative estimate of drug-likeness (QED) is 0.878. The molecule has 0 spiro atoms. The molecule has 6 heteroatoms. The van der Waals surface area contributed by atoms with Crippen molar-refractivity contribution in [2.75, 3.05) is 51.3 Å². The van der Waals surface area contributed by atoms with Crippen LogP contribution in [0.1, 0.15) is 27.0 Å². The molecule has 1 aromatic heterocycles. The molecule has 1 aromatic carbocycles. The lowest BCUT2D eigenvalue weighted by molar-refractivity contribution is 0.0784. The van der Waals surface area contributed by atoms with Gasteiger partial charge in [0.05, 0.1) is 18.8 Å². The van der Waals surface area contributed by atoms with Crippen LogP contribution in [0, 0.1) is 0 Å². The lowest BCUT2D eigenvalue weighted by Gasteiger charge is -2.27. The first kappa shape index (κ1) is 18.9. The van der Waals surface area contributed by atoms with Gasteiger partial charge in [0.2, 0.25) is 0 Å². The Morgan fingerprint density at radius 3 is 2.68 bits per heavy atom. The normalized spacial score (nSPS) is 17.0. The van der Waals surface area contributed by atoms with Crippen LogP contribution in [0.15, 0.2) is 36.5 Å². The maximum atomic E-state index is 12.8. The van der Waals surface area contributed by atoms with E-state index < -0.39 is 0 Å². The summed E-state index contributed by atoms with van der Waals surface area (Å²) < 4.78 is 5.38. The molecule has 1 amide bonds. The van der Waals surface area contributed by atoms with E-state index in [1.54, 1.807) is 11.1 Å². The molecule has 0 unspecified atom stereocenters. The van der Waals surface area contributed by atoms with Gasteiger partial charge in [0.25, 0.3) is 5.91 Å². The van der Waals surface area contributed by atoms with Gasteiger partial charge in [-0.25, -0.2) is 4.98 Å². The van der Waals surface area contributed by atoms with E-state index in [9.17, 15) is 4.79 Å². The summed E-state index contributed by atoms with van der Waals surface area (Å²) in [6, 6.07) is 10.4. The van der Waals surface area contributed by atoms with Crippen molar-refractivity contribution in [2.24, 2.45) is 0 Å². The van der Waals surface area contributed by atoms with E-state index in [4.69, 9.17) is 4.74 Å². The second-order valence-electron chi connectivity index (χ2n) is 7.52. The Hall–Kier alpha value is -2.44. The second kappa shape index (κ2) is 8.71. The Morgan fingerprint density at radius 2 is 1.93 bits per heavy atom. The van der Waals surface area contributed by atoms with E-state index in [0.29, 0.717) is 12.1 Å². The SMILES string of the molecule is CN(Cc1ccc2c(c1)CCNCC2)C(=O)c1ccc(N2CCOCC2)nc1. The summed E-state index contributed by atoms with van der Waals surface area (Å²) in [6.45, 7) is 5.79. The zero-order valence-electron chi connectivity index (χ0n) is 16.5. The Bertz CT molecular complexity index is 816. The molecular formula is C22H28N4O2. The molecule has 28 heavy (non-hydrogen) atoms. The highest BCUT2D eigenvalue weighted by molar-refractivity contribution is 5.93. The predicted molar refractivity (Wildman–Crippen MR) is 110 cm³/mol. The fraction of sp³-hybridized carbons (Fsp3) is 0.455. The molecule has 1 saturated heterocycles. The Labute approximate surface area is 166 Å². The molecule has 2 aliphatic rings. The van der Waals surface area contributed by atoms with Crippen molar-refractivity contribution in [3.05, 3.63) is 58.8 Å². The van der Waals surface area contributed by atoms with Crippen molar-refractivity contribution >= 4 is 11.7 Å². The third kappa shape index (κ3) is 4.34. The van der Waals surface area contributed by atoms with Gasteiger partial charge in [-0.05, 0) is 54.8 Å². The average molecular weight is 380 g/mol. The van der Waals surface area contributed by atoms with Gasteiger partial charge < -0.3 is 19.9 Å². The van der Waals surface area contributed by atoms with Crippen molar-refractivity contribution in [2.45, 2.75) is 19.4 Å². The number of aromatic nitrogens is 1. The molecule has 0 aliphatic carbocycles. The molecule has 0 bridgehead atoms. The number of ether oxygens (including phenoxy) is 1. The minimum absolute atomic E-state index is 0.00219. The number of amides is 1. The Morgan fingerprint density at radius 1 is 1.14 bits per heavy atom. The lowest BCUT2D eigenvalue weighted by atomic mass is 10.00. The van der Waals surface area contributed by atoms with Gasteiger partial charge in [-0.3, -0.25) is 4.79 Å². The van der Waals surface area contributed by atoms with Crippen LogP contribution in [-0.4, -0.2) is 62.2 Å². The van der Waals surface area contributed by atoms with Gasteiger partial charge in [0, 0.05) is 32.9 Å². The highest BCUT2D eigenvalue weighted by atomic mass is 16.5. The van der Waals surface area contributed by atoms with Gasteiger partial charge in [-0.15, -0.1) is 0 Å². The monoisotopic (exact) mass is 380 g/mol. The van der Waals surface area contributed by atoms with Crippen molar-refractivity contribution in [1.82, 2.24) is 15.2 Å². The molecule has 0 radical (unpaired) electrons. The number of nitrogens with one attached hydrogen (secondary N) is 1. The number of anilines is 1. The van der Waals surface area contributed by atoms with E-state index in [1.165, 1.54) is 16.7 Å². The maximum Gasteiger partial charge on any atom is 0.255 e. The summed E-state index contributed by atoms with van der Waals surface area (Å²) in [5.41, 5.74) is 4.62. The Kier molecular flexibility index (Phi) is 5.88. The van der Waals surface area contributed by atoms with Crippen LogP contribution in [0.2, 0.25) is 0 Å². The fourth-order valence-electron chi connectivity index (χ4n) is 3.88. The highest BCUT2D eigenvalue weighted by Crippen LogP contribution is 2.18. The van der Waals surface area contributed by atoms with E-state index in [2.05, 4.69) is 33.4 Å². The molecule has 6 nitrogen and oxygen atoms in total. The summed E-state index contributed by atoms with van der Waals surface area (Å²) in [6.07, 6.45) is 3.81. The number of pyridine rings is 1. The zero-order chi connectivity index (χ0) is 19.3. The van der Waals surface area contributed by atoms with Gasteiger partial charge >= 0.3 is 0 Å². The van der Waals surface area contributed by atoms with E-state index >= 15 is 0 Å². The molecule has 3 heterocycles. The largest absolute Gasteiger partial charge is 0.378 e. The molecule has 0 atom stereocenters. The third-order valence-electron chi connectivity index (χ3n) is 5.51. The first-order valence-corrected chi connectivity index (χ1v) is 10.1. The molecule has 2 aliphatic heterocycles. The molecule has 0 saturated carbocycles. The predicted octanol–water partition coefficient (Wildman–Crippen LogP) is 1.88. The molecule has 148 valence electrons. The average Bonchev–Trinajstić information content (AvgIpc) is 2.99. The first-order chi connectivity index (χ1) is 13.7. The topological polar surface area (TPSA) is 57.7 Å². The van der Waals surface area contributed by atoms with Crippen molar-refractivity contribution < 1.29 is 9.53 Å². The van der Waals surface area contributed by atoms with Gasteiger partial charge in [0.15, 0.2) is 0 Å². The van der Waals surface area contributed by atoms with Gasteiger partial charge in [-0.1, -0.05) is 18.2 Å². The number of nitrogens with zero attached hydrogens (tertiary/aromatic N) is 3. The van der Waals surface area contributed by atoms with Gasteiger partial charge in [-0.2, -0.15) is 0 Å². The number of benzene rings is 1. The number of rotatable bonds is 4. The molecule has 2 aromatic rings. The Balaban J connectivity index is 1.41. The first-order valence-electron chi connectivity index (χ1n) is 10.1. The van der Waals surface area contributed by atoms with Crippen LogP contribution in [0.25, 0.3) is 0 Å². The summed E-state index contributed by atoms with van der Waals surface area (Å²) in [5.74, 6) is 0.902. The van der Waals surface area contributed by atoms with Crippen LogP contribution in [0.4, 0.5) is 5.82 Å². The molecule has 4 rings (SSSR count). The minimum Gasteiger partial charge on any atom is -0.378 e. The van der Waals surface area contributed by atoms with Crippen LogP contribution in [-0.2, 0) is 24.1 Å². The second-order valence-corrected chi connectivity index (χ2v) is 7.52. The molecular weight excluding hydrogens is 352 g/mol. The number of hydrogen-bond acceptors (Lipinski definition) is 5. The minimum atomic E-state index is -0.00219. The smallest absolute Gasteiger partial charge is 0.255 e. The summed E-state index contributed by atoms with van der Waals surface area (Å²) in [5, 5.41) is 3.44. The lowest BCUT2D eigenvalue weighted by Crippen LogP contribution is -2.36. The highest BCUT2D eigenvalue weighted by Gasteiger charge is 2.16. The number of carbonyl (C=O) groups is 1.